The minimum Gasteiger partial charge on any atom is -0.465 e. The topological polar surface area (TPSA) is 43.4 Å². The quantitative estimate of drug-likeness (QED) is 0.408. The van der Waals surface area contributed by atoms with E-state index in [-0.39, 0.29) is 11.1 Å². The minimum absolute atomic E-state index is 0.150. The van der Waals surface area contributed by atoms with Crippen LogP contribution in [0.1, 0.15) is 13.8 Å². The SMILES string of the molecule is CCOC(=O)C(C)C(=O)CBr. The lowest BCUT2D eigenvalue weighted by Gasteiger charge is -2.06. The molecule has 0 aliphatic rings. The van der Waals surface area contributed by atoms with E-state index in [1.807, 2.05) is 0 Å². The lowest BCUT2D eigenvalue weighted by atomic mass is 10.1. The molecule has 0 amide bonds. The summed E-state index contributed by atoms with van der Waals surface area (Å²) in [6.07, 6.45) is 0. The molecular weight excluding hydrogens is 212 g/mol. The van der Waals surface area contributed by atoms with Gasteiger partial charge < -0.3 is 4.74 Å². The van der Waals surface area contributed by atoms with Gasteiger partial charge in [0.1, 0.15) is 5.92 Å². The molecular formula is C7H11BrO3. The monoisotopic (exact) mass is 222 g/mol. The fourth-order valence-corrected chi connectivity index (χ4v) is 1.00. The molecule has 0 heterocycles. The lowest BCUT2D eigenvalue weighted by Crippen LogP contribution is -2.23. The summed E-state index contributed by atoms with van der Waals surface area (Å²) in [4.78, 5) is 21.8. The Balaban J connectivity index is 3.91. The second kappa shape index (κ2) is 5.29. The Hall–Kier alpha value is -0.380. The molecule has 0 aromatic heterocycles. The Morgan fingerprint density at radius 1 is 1.55 bits per heavy atom. The molecule has 0 spiro atoms. The molecule has 11 heavy (non-hydrogen) atoms. The highest BCUT2D eigenvalue weighted by Crippen LogP contribution is 2.02. The predicted octanol–water partition coefficient (Wildman–Crippen LogP) is 1.15. The largest absolute Gasteiger partial charge is 0.465 e. The number of halogens is 1. The number of hydrogen-bond donors (Lipinski definition) is 0. The van der Waals surface area contributed by atoms with Crippen LogP contribution < -0.4 is 0 Å². The zero-order valence-electron chi connectivity index (χ0n) is 6.59. The maximum atomic E-state index is 10.9. The van der Waals surface area contributed by atoms with Gasteiger partial charge in [-0.15, -0.1) is 0 Å². The summed E-state index contributed by atoms with van der Waals surface area (Å²) in [6.45, 7) is 3.57. The summed E-state index contributed by atoms with van der Waals surface area (Å²) >= 11 is 2.98. The van der Waals surface area contributed by atoms with E-state index in [0.717, 1.165) is 0 Å². The van der Waals surface area contributed by atoms with Gasteiger partial charge in [-0.1, -0.05) is 15.9 Å². The number of esters is 1. The summed E-state index contributed by atoms with van der Waals surface area (Å²) < 4.78 is 4.65. The molecule has 0 fully saturated rings. The van der Waals surface area contributed by atoms with Crippen molar-refractivity contribution in [1.29, 1.82) is 0 Å². The van der Waals surface area contributed by atoms with Crippen molar-refractivity contribution < 1.29 is 14.3 Å². The minimum atomic E-state index is -0.644. The summed E-state index contributed by atoms with van der Waals surface area (Å²) in [5.74, 6) is -1.24. The van der Waals surface area contributed by atoms with Crippen molar-refractivity contribution in [2.24, 2.45) is 5.92 Å². The Morgan fingerprint density at radius 2 is 2.09 bits per heavy atom. The van der Waals surface area contributed by atoms with Gasteiger partial charge in [-0.3, -0.25) is 9.59 Å². The third-order valence-electron chi connectivity index (χ3n) is 1.25. The van der Waals surface area contributed by atoms with E-state index in [1.165, 1.54) is 0 Å². The average Bonchev–Trinajstić information content (AvgIpc) is 2.02. The van der Waals surface area contributed by atoms with Gasteiger partial charge in [0, 0.05) is 0 Å². The van der Waals surface area contributed by atoms with Crippen molar-refractivity contribution in [3.8, 4) is 0 Å². The zero-order valence-corrected chi connectivity index (χ0v) is 8.18. The van der Waals surface area contributed by atoms with Crippen molar-refractivity contribution in [3.63, 3.8) is 0 Å². The second-order valence-electron chi connectivity index (χ2n) is 2.07. The van der Waals surface area contributed by atoms with Crippen LogP contribution in [0.25, 0.3) is 0 Å². The van der Waals surface area contributed by atoms with E-state index in [4.69, 9.17) is 0 Å². The lowest BCUT2D eigenvalue weighted by molar-refractivity contribution is -0.150. The Morgan fingerprint density at radius 3 is 2.45 bits per heavy atom. The highest BCUT2D eigenvalue weighted by molar-refractivity contribution is 9.09. The predicted molar refractivity (Wildman–Crippen MR) is 44.6 cm³/mol. The van der Waals surface area contributed by atoms with Crippen molar-refractivity contribution in [3.05, 3.63) is 0 Å². The highest BCUT2D eigenvalue weighted by atomic mass is 79.9. The van der Waals surface area contributed by atoms with Crippen molar-refractivity contribution in [1.82, 2.24) is 0 Å². The van der Waals surface area contributed by atoms with Crippen LogP contribution in [0.3, 0.4) is 0 Å². The van der Waals surface area contributed by atoms with Gasteiger partial charge in [-0.2, -0.15) is 0 Å². The van der Waals surface area contributed by atoms with E-state index in [1.54, 1.807) is 13.8 Å². The summed E-state index contributed by atoms with van der Waals surface area (Å²) in [7, 11) is 0. The molecule has 0 aliphatic carbocycles. The van der Waals surface area contributed by atoms with E-state index in [9.17, 15) is 9.59 Å². The molecule has 0 aliphatic heterocycles. The fraction of sp³-hybridized carbons (Fsp3) is 0.714. The second-order valence-corrected chi connectivity index (χ2v) is 2.63. The standard InChI is InChI=1S/C7H11BrO3/c1-3-11-7(10)5(2)6(9)4-8/h5H,3-4H2,1-2H3. The maximum absolute atomic E-state index is 10.9. The van der Waals surface area contributed by atoms with Gasteiger partial charge in [0.25, 0.3) is 0 Å². The average molecular weight is 223 g/mol. The van der Waals surface area contributed by atoms with Crippen LogP contribution in [0.5, 0.6) is 0 Å². The van der Waals surface area contributed by atoms with Crippen LogP contribution >= 0.6 is 15.9 Å². The van der Waals surface area contributed by atoms with E-state index >= 15 is 0 Å². The molecule has 64 valence electrons. The van der Waals surface area contributed by atoms with Crippen LogP contribution in [0.4, 0.5) is 0 Å². The number of carbonyl (C=O) groups excluding carboxylic acids is 2. The van der Waals surface area contributed by atoms with Gasteiger partial charge >= 0.3 is 5.97 Å². The van der Waals surface area contributed by atoms with Crippen molar-refractivity contribution in [2.75, 3.05) is 11.9 Å². The molecule has 0 aromatic carbocycles. The molecule has 3 nitrogen and oxygen atoms in total. The molecule has 0 N–H and O–H groups in total. The van der Waals surface area contributed by atoms with Gasteiger partial charge in [0.2, 0.25) is 0 Å². The molecule has 0 rings (SSSR count). The first-order chi connectivity index (χ1) is 5.13. The molecule has 1 atom stereocenters. The van der Waals surface area contributed by atoms with Crippen LogP contribution in [-0.2, 0) is 14.3 Å². The molecule has 1 unspecified atom stereocenters. The molecule has 0 bridgehead atoms. The third kappa shape index (κ3) is 3.51. The summed E-state index contributed by atoms with van der Waals surface area (Å²) in [5.41, 5.74) is 0. The van der Waals surface area contributed by atoms with Crippen molar-refractivity contribution >= 4 is 27.7 Å². The number of rotatable bonds is 4. The number of Topliss-reactive ketones (excluding diaryl/α,β-unsaturated/α-hetero) is 1. The first kappa shape index (κ1) is 10.6. The molecule has 0 saturated heterocycles. The van der Waals surface area contributed by atoms with Gasteiger partial charge in [0.15, 0.2) is 5.78 Å². The third-order valence-corrected chi connectivity index (χ3v) is 1.81. The van der Waals surface area contributed by atoms with E-state index in [2.05, 4.69) is 20.7 Å². The van der Waals surface area contributed by atoms with Crippen LogP contribution in [0.2, 0.25) is 0 Å². The summed E-state index contributed by atoms with van der Waals surface area (Å²) in [6, 6.07) is 0. The van der Waals surface area contributed by atoms with Crippen LogP contribution in [0, 0.1) is 5.92 Å². The van der Waals surface area contributed by atoms with E-state index < -0.39 is 11.9 Å². The smallest absolute Gasteiger partial charge is 0.316 e. The molecule has 0 aromatic rings. The first-order valence-electron chi connectivity index (χ1n) is 3.38. The molecule has 0 radical (unpaired) electrons. The zero-order chi connectivity index (χ0) is 8.85. The number of carbonyl (C=O) groups is 2. The molecule has 4 heteroatoms. The van der Waals surface area contributed by atoms with Crippen LogP contribution in [0.15, 0.2) is 0 Å². The fourth-order valence-electron chi connectivity index (χ4n) is 0.514. The van der Waals surface area contributed by atoms with Gasteiger partial charge in [0.05, 0.1) is 11.9 Å². The maximum Gasteiger partial charge on any atom is 0.316 e. The number of alkyl halides is 1. The highest BCUT2D eigenvalue weighted by Gasteiger charge is 2.20. The van der Waals surface area contributed by atoms with Crippen LogP contribution in [-0.4, -0.2) is 23.7 Å². The van der Waals surface area contributed by atoms with E-state index in [0.29, 0.717) is 6.61 Å². The van der Waals surface area contributed by atoms with Gasteiger partial charge in [-0.05, 0) is 13.8 Å². The van der Waals surface area contributed by atoms with Gasteiger partial charge in [-0.25, -0.2) is 0 Å². The Labute approximate surface area is 74.2 Å². The van der Waals surface area contributed by atoms with Crippen molar-refractivity contribution in [2.45, 2.75) is 13.8 Å². The Bertz CT molecular complexity index is 156. The number of ketones is 1. The first-order valence-corrected chi connectivity index (χ1v) is 4.51. The molecule has 0 saturated carbocycles. The normalized spacial score (nSPS) is 12.3. The Kier molecular flexibility index (Phi) is 5.11. The number of ether oxygens (including phenoxy) is 1. The number of hydrogen-bond acceptors (Lipinski definition) is 3. The summed E-state index contributed by atoms with van der Waals surface area (Å²) in [5, 5.41) is 0.201.